The van der Waals surface area contributed by atoms with Crippen LogP contribution >= 0.6 is 0 Å². The van der Waals surface area contributed by atoms with Gasteiger partial charge in [0.15, 0.2) is 0 Å². The van der Waals surface area contributed by atoms with E-state index in [0.717, 1.165) is 24.9 Å². The number of nitrogens with zero attached hydrogens (tertiary/aromatic N) is 1. The Hall–Kier alpha value is -1.17. The second-order valence-electron chi connectivity index (χ2n) is 6.63. The summed E-state index contributed by atoms with van der Waals surface area (Å²) in [7, 11) is 1.98. The third-order valence-electron chi connectivity index (χ3n) is 4.32. The molecule has 1 aliphatic carbocycles. The summed E-state index contributed by atoms with van der Waals surface area (Å²) in [6, 6.07) is 7.63. The predicted molar refractivity (Wildman–Crippen MR) is 93.1 cm³/mol. The Kier molecular flexibility index (Phi) is 8.50. The number of hydrogen-bond acceptors (Lipinski definition) is 4. The summed E-state index contributed by atoms with van der Waals surface area (Å²) < 4.78 is 23.1. The van der Waals surface area contributed by atoms with Crippen LogP contribution in [0.5, 0.6) is 5.75 Å². The van der Waals surface area contributed by atoms with E-state index in [-0.39, 0.29) is 6.61 Å². The van der Waals surface area contributed by atoms with Crippen LogP contribution in [0, 0.1) is 0 Å². The Balaban J connectivity index is 1.66. The van der Waals surface area contributed by atoms with Gasteiger partial charge in [-0.05, 0) is 37.6 Å². The molecule has 5 heteroatoms. The summed E-state index contributed by atoms with van der Waals surface area (Å²) >= 11 is 0. The van der Waals surface area contributed by atoms with Gasteiger partial charge < -0.3 is 14.6 Å². The van der Waals surface area contributed by atoms with E-state index in [9.17, 15) is 9.50 Å². The fourth-order valence-corrected chi connectivity index (χ4v) is 3.12. The molecule has 0 spiro atoms. The summed E-state index contributed by atoms with van der Waals surface area (Å²) in [5.41, 5.74) is 1.13. The van der Waals surface area contributed by atoms with Crippen LogP contribution in [0.4, 0.5) is 4.39 Å². The lowest BCUT2D eigenvalue weighted by Crippen LogP contribution is -2.33. The molecule has 2 rings (SSSR count). The lowest BCUT2D eigenvalue weighted by atomic mass is 9.98. The van der Waals surface area contributed by atoms with Crippen molar-refractivity contribution in [1.82, 2.24) is 4.90 Å². The number of benzene rings is 1. The Morgan fingerprint density at radius 3 is 2.58 bits per heavy atom. The number of alkyl halides is 1. The molecule has 0 bridgehead atoms. The van der Waals surface area contributed by atoms with Crippen LogP contribution in [0.3, 0.4) is 0 Å². The van der Waals surface area contributed by atoms with Crippen molar-refractivity contribution in [1.29, 1.82) is 0 Å². The Labute approximate surface area is 144 Å². The second kappa shape index (κ2) is 10.6. The van der Waals surface area contributed by atoms with Crippen molar-refractivity contribution in [2.45, 2.75) is 50.9 Å². The van der Waals surface area contributed by atoms with Crippen LogP contribution in [0.25, 0.3) is 0 Å². The molecule has 0 radical (unpaired) electrons. The molecule has 0 aromatic heterocycles. The monoisotopic (exact) mass is 339 g/mol. The molecule has 0 unspecified atom stereocenters. The van der Waals surface area contributed by atoms with Gasteiger partial charge in [-0.1, -0.05) is 31.4 Å². The van der Waals surface area contributed by atoms with E-state index in [1.807, 2.05) is 31.3 Å². The van der Waals surface area contributed by atoms with Crippen LogP contribution < -0.4 is 4.74 Å². The van der Waals surface area contributed by atoms with Crippen molar-refractivity contribution in [2.75, 3.05) is 33.5 Å². The summed E-state index contributed by atoms with van der Waals surface area (Å²) in [6.07, 6.45) is 5.90. The van der Waals surface area contributed by atoms with E-state index in [1.54, 1.807) is 0 Å². The largest absolute Gasteiger partial charge is 0.491 e. The fourth-order valence-electron chi connectivity index (χ4n) is 3.12. The van der Waals surface area contributed by atoms with Gasteiger partial charge in [0.1, 0.15) is 19.0 Å². The highest BCUT2D eigenvalue weighted by atomic mass is 19.1. The molecule has 4 nitrogen and oxygen atoms in total. The quantitative estimate of drug-likeness (QED) is 0.711. The van der Waals surface area contributed by atoms with Crippen LogP contribution in [-0.2, 0) is 11.3 Å². The predicted octanol–water partition coefficient (Wildman–Crippen LogP) is 3.18. The average Bonchev–Trinajstić information content (AvgIpc) is 2.60. The maximum absolute atomic E-state index is 12.1. The van der Waals surface area contributed by atoms with Crippen molar-refractivity contribution < 1.29 is 19.0 Å². The van der Waals surface area contributed by atoms with Crippen LogP contribution in [-0.4, -0.2) is 55.7 Å². The van der Waals surface area contributed by atoms with Gasteiger partial charge in [0.05, 0.1) is 18.8 Å². The van der Waals surface area contributed by atoms with Gasteiger partial charge in [0, 0.05) is 13.1 Å². The SMILES string of the molecule is CN(Cc1ccc(OCCF)cc1)C[C@H](O)COC1CCCCC1. The lowest BCUT2D eigenvalue weighted by molar-refractivity contribution is -0.0319. The molecule has 0 amide bonds. The number of hydrogen-bond donors (Lipinski definition) is 1. The Bertz CT molecular complexity index is 448. The summed E-state index contributed by atoms with van der Waals surface area (Å²) in [5, 5.41) is 10.1. The first kappa shape index (κ1) is 19.2. The minimum atomic E-state index is -0.481. The van der Waals surface area contributed by atoms with Gasteiger partial charge in [-0.2, -0.15) is 0 Å². The van der Waals surface area contributed by atoms with E-state index in [2.05, 4.69) is 4.90 Å². The van der Waals surface area contributed by atoms with E-state index in [0.29, 0.717) is 25.0 Å². The summed E-state index contributed by atoms with van der Waals surface area (Å²) in [6.45, 7) is 1.33. The van der Waals surface area contributed by atoms with Crippen molar-refractivity contribution in [2.24, 2.45) is 0 Å². The summed E-state index contributed by atoms with van der Waals surface area (Å²) in [4.78, 5) is 2.08. The third kappa shape index (κ3) is 7.16. The number of likely N-dealkylation sites (N-methyl/N-ethyl adjacent to an activating group) is 1. The zero-order chi connectivity index (χ0) is 17.2. The molecule has 0 aliphatic heterocycles. The van der Waals surface area contributed by atoms with Crippen molar-refractivity contribution in [3.8, 4) is 5.75 Å². The van der Waals surface area contributed by atoms with Crippen molar-refractivity contribution in [3.63, 3.8) is 0 Å². The highest BCUT2D eigenvalue weighted by Crippen LogP contribution is 2.20. The van der Waals surface area contributed by atoms with E-state index < -0.39 is 12.8 Å². The standard InChI is InChI=1S/C19H30FNO3/c1-21(13-16-7-9-19(10-8-16)23-12-11-20)14-17(22)15-24-18-5-3-2-4-6-18/h7-10,17-18,22H,2-6,11-15H2,1H3/t17-/m0/s1. The van der Waals surface area contributed by atoms with Gasteiger partial charge in [-0.15, -0.1) is 0 Å². The normalized spacial score (nSPS) is 17.2. The van der Waals surface area contributed by atoms with E-state index >= 15 is 0 Å². The Morgan fingerprint density at radius 1 is 1.21 bits per heavy atom. The highest BCUT2D eigenvalue weighted by Gasteiger charge is 2.16. The Morgan fingerprint density at radius 2 is 1.92 bits per heavy atom. The highest BCUT2D eigenvalue weighted by molar-refractivity contribution is 5.27. The smallest absolute Gasteiger partial charge is 0.123 e. The molecule has 1 aromatic rings. The molecule has 1 aliphatic rings. The molecule has 0 saturated heterocycles. The van der Waals surface area contributed by atoms with Gasteiger partial charge in [0.25, 0.3) is 0 Å². The number of aliphatic hydroxyl groups is 1. The maximum atomic E-state index is 12.1. The lowest BCUT2D eigenvalue weighted by Gasteiger charge is -2.25. The fraction of sp³-hybridized carbons (Fsp3) is 0.684. The van der Waals surface area contributed by atoms with E-state index in [1.165, 1.54) is 19.3 Å². The van der Waals surface area contributed by atoms with Crippen molar-refractivity contribution in [3.05, 3.63) is 29.8 Å². The molecule has 1 atom stereocenters. The van der Waals surface area contributed by atoms with Gasteiger partial charge in [-0.3, -0.25) is 4.90 Å². The first-order chi connectivity index (χ1) is 11.7. The van der Waals surface area contributed by atoms with E-state index in [4.69, 9.17) is 9.47 Å². The third-order valence-corrected chi connectivity index (χ3v) is 4.32. The molecule has 1 aromatic carbocycles. The minimum Gasteiger partial charge on any atom is -0.491 e. The number of halogens is 1. The molecule has 1 saturated carbocycles. The van der Waals surface area contributed by atoms with Crippen LogP contribution in [0.1, 0.15) is 37.7 Å². The van der Waals surface area contributed by atoms with Crippen LogP contribution in [0.15, 0.2) is 24.3 Å². The molecule has 1 fully saturated rings. The average molecular weight is 339 g/mol. The molecule has 1 N–H and O–H groups in total. The second-order valence-corrected chi connectivity index (χ2v) is 6.63. The van der Waals surface area contributed by atoms with Gasteiger partial charge in [0.2, 0.25) is 0 Å². The number of aliphatic hydroxyl groups excluding tert-OH is 1. The van der Waals surface area contributed by atoms with Crippen molar-refractivity contribution >= 4 is 0 Å². The molecule has 24 heavy (non-hydrogen) atoms. The molecule has 136 valence electrons. The molecular formula is C19H30FNO3. The first-order valence-electron chi connectivity index (χ1n) is 8.93. The molecule has 0 heterocycles. The van der Waals surface area contributed by atoms with Crippen LogP contribution in [0.2, 0.25) is 0 Å². The maximum Gasteiger partial charge on any atom is 0.123 e. The zero-order valence-corrected chi connectivity index (χ0v) is 14.6. The van der Waals surface area contributed by atoms with Gasteiger partial charge >= 0.3 is 0 Å². The molecular weight excluding hydrogens is 309 g/mol. The van der Waals surface area contributed by atoms with Gasteiger partial charge in [-0.25, -0.2) is 4.39 Å². The first-order valence-corrected chi connectivity index (χ1v) is 8.93. The zero-order valence-electron chi connectivity index (χ0n) is 14.6. The minimum absolute atomic E-state index is 0.0897. The number of ether oxygens (including phenoxy) is 2. The topological polar surface area (TPSA) is 41.9 Å². The number of rotatable bonds is 10. The summed E-state index contributed by atoms with van der Waals surface area (Å²) in [5.74, 6) is 0.681.